The molecule has 27 heavy (non-hydrogen) atoms. The van der Waals surface area contributed by atoms with Crippen LogP contribution < -0.4 is 5.32 Å². The maximum Gasteiger partial charge on any atom is 0.409 e. The van der Waals surface area contributed by atoms with E-state index < -0.39 is 9.84 Å². The number of cyclic esters (lactones) is 1. The summed E-state index contributed by atoms with van der Waals surface area (Å²) in [6, 6.07) is 8.84. The number of nitrogens with one attached hydrogen (secondary N) is 1. The fraction of sp³-hybridized carbons (Fsp3) is 0.556. The van der Waals surface area contributed by atoms with E-state index in [9.17, 15) is 18.0 Å². The van der Waals surface area contributed by atoms with Crippen LogP contribution in [0.1, 0.15) is 18.4 Å². The molecule has 0 bridgehead atoms. The number of ether oxygens (including phenoxy) is 1. The minimum atomic E-state index is -3.10. The summed E-state index contributed by atoms with van der Waals surface area (Å²) in [4.78, 5) is 27.5. The van der Waals surface area contributed by atoms with Gasteiger partial charge in [0.1, 0.15) is 0 Å². The molecule has 3 rings (SSSR count). The van der Waals surface area contributed by atoms with Crippen LogP contribution in [0, 0.1) is 0 Å². The highest BCUT2D eigenvalue weighted by Crippen LogP contribution is 2.20. The molecule has 1 atom stereocenters. The Labute approximate surface area is 159 Å². The van der Waals surface area contributed by atoms with E-state index in [1.54, 1.807) is 9.80 Å². The molecule has 0 unspecified atom stereocenters. The van der Waals surface area contributed by atoms with E-state index >= 15 is 0 Å². The maximum atomic E-state index is 12.8. The molecule has 1 aromatic carbocycles. The maximum absolute atomic E-state index is 12.8. The Morgan fingerprint density at radius 1 is 1.30 bits per heavy atom. The second kappa shape index (κ2) is 8.60. The number of hydrogen-bond donors (Lipinski definition) is 1. The largest absolute Gasteiger partial charge is 0.449 e. The lowest BCUT2D eigenvalue weighted by Crippen LogP contribution is -2.49. The number of rotatable bonds is 6. The molecule has 148 valence electrons. The summed E-state index contributed by atoms with van der Waals surface area (Å²) in [6.45, 7) is 2.05. The first-order valence-corrected chi connectivity index (χ1v) is 11.0. The number of carbonyl (C=O) groups excluding carboxylic acids is 2. The number of carbonyl (C=O) groups is 2. The first-order chi connectivity index (χ1) is 12.9. The highest BCUT2D eigenvalue weighted by Gasteiger charge is 2.34. The molecule has 2 heterocycles. The molecule has 3 amide bonds. The van der Waals surface area contributed by atoms with E-state index in [4.69, 9.17) is 4.74 Å². The van der Waals surface area contributed by atoms with Crippen LogP contribution in [0.5, 0.6) is 0 Å². The number of benzene rings is 1. The van der Waals surface area contributed by atoms with Gasteiger partial charge in [-0.1, -0.05) is 30.3 Å². The monoisotopic (exact) mass is 395 g/mol. The molecule has 0 radical (unpaired) electrons. The average molecular weight is 395 g/mol. The molecule has 2 saturated heterocycles. The Kier molecular flexibility index (Phi) is 6.20. The van der Waals surface area contributed by atoms with Gasteiger partial charge in [-0.05, 0) is 18.4 Å². The SMILES string of the molecule is O=C1OCCCN1CCNC(=O)N(Cc1ccccc1)[C@@H]1CCS(=O)(=O)C1. The summed E-state index contributed by atoms with van der Waals surface area (Å²) in [5.41, 5.74) is 0.941. The molecule has 1 N–H and O–H groups in total. The van der Waals surface area contributed by atoms with Gasteiger partial charge < -0.3 is 19.9 Å². The van der Waals surface area contributed by atoms with Gasteiger partial charge in [0, 0.05) is 32.2 Å². The topological polar surface area (TPSA) is 96.0 Å². The molecule has 0 aliphatic carbocycles. The van der Waals surface area contributed by atoms with Gasteiger partial charge in [0.05, 0.1) is 18.1 Å². The highest BCUT2D eigenvalue weighted by atomic mass is 32.2. The minimum Gasteiger partial charge on any atom is -0.449 e. The van der Waals surface area contributed by atoms with E-state index in [2.05, 4.69) is 5.32 Å². The van der Waals surface area contributed by atoms with E-state index in [0.717, 1.165) is 12.0 Å². The van der Waals surface area contributed by atoms with E-state index in [1.165, 1.54) is 0 Å². The summed E-state index contributed by atoms with van der Waals surface area (Å²) < 4.78 is 28.7. The average Bonchev–Trinajstić information content (AvgIpc) is 3.01. The van der Waals surface area contributed by atoms with Gasteiger partial charge in [0.2, 0.25) is 0 Å². The van der Waals surface area contributed by atoms with Gasteiger partial charge in [0.15, 0.2) is 9.84 Å². The van der Waals surface area contributed by atoms with Crippen molar-refractivity contribution in [2.24, 2.45) is 0 Å². The first kappa shape index (κ1) is 19.5. The molecule has 2 aliphatic rings. The lowest BCUT2D eigenvalue weighted by Gasteiger charge is -2.30. The van der Waals surface area contributed by atoms with Crippen LogP contribution in [0.4, 0.5) is 9.59 Å². The summed E-state index contributed by atoms with van der Waals surface area (Å²) in [5, 5.41) is 2.82. The van der Waals surface area contributed by atoms with Gasteiger partial charge in [-0.3, -0.25) is 0 Å². The Morgan fingerprint density at radius 3 is 2.74 bits per heavy atom. The molecule has 2 fully saturated rings. The van der Waals surface area contributed by atoms with Gasteiger partial charge >= 0.3 is 12.1 Å². The van der Waals surface area contributed by atoms with Crippen molar-refractivity contribution in [2.45, 2.75) is 25.4 Å². The van der Waals surface area contributed by atoms with Crippen molar-refractivity contribution in [3.05, 3.63) is 35.9 Å². The number of urea groups is 1. The smallest absolute Gasteiger partial charge is 0.409 e. The molecule has 2 aliphatic heterocycles. The fourth-order valence-electron chi connectivity index (χ4n) is 3.37. The first-order valence-electron chi connectivity index (χ1n) is 9.15. The normalized spacial score (nSPS) is 21.6. The summed E-state index contributed by atoms with van der Waals surface area (Å²) in [5.74, 6) is 0.0988. The van der Waals surface area contributed by atoms with Crippen molar-refractivity contribution in [2.75, 3.05) is 37.7 Å². The minimum absolute atomic E-state index is 0.00823. The van der Waals surface area contributed by atoms with E-state index in [0.29, 0.717) is 39.2 Å². The molecule has 9 heteroatoms. The molecule has 1 aromatic rings. The van der Waals surface area contributed by atoms with Crippen LogP contribution in [0.15, 0.2) is 30.3 Å². The Balaban J connectivity index is 1.60. The van der Waals surface area contributed by atoms with Crippen LogP contribution in [0.2, 0.25) is 0 Å². The summed E-state index contributed by atoms with van der Waals surface area (Å²) in [6.07, 6.45) is 0.861. The predicted octanol–water partition coefficient (Wildman–Crippen LogP) is 1.23. The lowest BCUT2D eigenvalue weighted by atomic mass is 10.1. The number of amides is 3. The summed E-state index contributed by atoms with van der Waals surface area (Å²) in [7, 11) is -3.10. The van der Waals surface area contributed by atoms with Gasteiger partial charge in [0.25, 0.3) is 0 Å². The van der Waals surface area contributed by atoms with Crippen molar-refractivity contribution in [1.29, 1.82) is 0 Å². The summed E-state index contributed by atoms with van der Waals surface area (Å²) >= 11 is 0. The van der Waals surface area contributed by atoms with Crippen LogP contribution in [-0.2, 0) is 21.1 Å². The lowest BCUT2D eigenvalue weighted by molar-refractivity contribution is 0.0731. The molecule has 0 spiro atoms. The quantitative estimate of drug-likeness (QED) is 0.782. The number of nitrogens with zero attached hydrogens (tertiary/aromatic N) is 2. The zero-order valence-corrected chi connectivity index (χ0v) is 16.0. The third-order valence-corrected chi connectivity index (χ3v) is 6.57. The van der Waals surface area contributed by atoms with Gasteiger partial charge in [-0.2, -0.15) is 0 Å². The predicted molar refractivity (Wildman–Crippen MR) is 100.0 cm³/mol. The number of hydrogen-bond acceptors (Lipinski definition) is 5. The molecular formula is C18H25N3O5S. The highest BCUT2D eigenvalue weighted by molar-refractivity contribution is 7.91. The molecule has 0 aromatic heterocycles. The van der Waals surface area contributed by atoms with Crippen molar-refractivity contribution in [3.8, 4) is 0 Å². The van der Waals surface area contributed by atoms with Gasteiger partial charge in [-0.15, -0.1) is 0 Å². The fourth-order valence-corrected chi connectivity index (χ4v) is 5.10. The second-order valence-corrected chi connectivity index (χ2v) is 9.09. The third kappa shape index (κ3) is 5.35. The second-order valence-electron chi connectivity index (χ2n) is 6.86. The zero-order chi connectivity index (χ0) is 19.3. The molecular weight excluding hydrogens is 370 g/mol. The van der Waals surface area contributed by atoms with Crippen molar-refractivity contribution in [1.82, 2.24) is 15.1 Å². The molecule has 0 saturated carbocycles. The number of sulfone groups is 1. The van der Waals surface area contributed by atoms with Crippen LogP contribution >= 0.6 is 0 Å². The zero-order valence-electron chi connectivity index (χ0n) is 15.2. The van der Waals surface area contributed by atoms with E-state index in [1.807, 2.05) is 30.3 Å². The standard InChI is InChI=1S/C18H25N3O5S/c22-17(19-8-10-20-9-4-11-26-18(20)23)21(13-15-5-2-1-3-6-15)16-7-12-27(24,25)14-16/h1-3,5-6,16H,4,7-14H2,(H,19,22)/t16-/m1/s1. The Bertz CT molecular complexity index is 768. The van der Waals surface area contributed by atoms with E-state index in [-0.39, 0.29) is 29.7 Å². The Hall–Kier alpha value is -2.29. The van der Waals surface area contributed by atoms with Gasteiger partial charge in [-0.25, -0.2) is 18.0 Å². The van der Waals surface area contributed by atoms with Crippen LogP contribution in [-0.4, -0.2) is 74.1 Å². The van der Waals surface area contributed by atoms with Crippen molar-refractivity contribution >= 4 is 22.0 Å². The third-order valence-electron chi connectivity index (χ3n) is 4.82. The molecule has 8 nitrogen and oxygen atoms in total. The van der Waals surface area contributed by atoms with Crippen molar-refractivity contribution < 1.29 is 22.7 Å². The van der Waals surface area contributed by atoms with Crippen LogP contribution in [0.3, 0.4) is 0 Å². The Morgan fingerprint density at radius 2 is 2.07 bits per heavy atom. The van der Waals surface area contributed by atoms with Crippen molar-refractivity contribution in [3.63, 3.8) is 0 Å². The van der Waals surface area contributed by atoms with Crippen LogP contribution in [0.25, 0.3) is 0 Å².